The molecule has 2 rings (SSSR count). The van der Waals surface area contributed by atoms with Crippen LogP contribution in [0.4, 0.5) is 11.6 Å². The van der Waals surface area contributed by atoms with E-state index in [1.54, 1.807) is 0 Å². The summed E-state index contributed by atoms with van der Waals surface area (Å²) >= 11 is 0. The van der Waals surface area contributed by atoms with Crippen molar-refractivity contribution in [2.45, 2.75) is 38.6 Å². The van der Waals surface area contributed by atoms with E-state index in [1.165, 1.54) is 6.33 Å². The number of anilines is 2. The van der Waals surface area contributed by atoms with Gasteiger partial charge in [0.25, 0.3) is 0 Å². The second kappa shape index (κ2) is 5.64. The van der Waals surface area contributed by atoms with Gasteiger partial charge in [-0.15, -0.1) is 0 Å². The smallest absolute Gasteiger partial charge is 0.249 e. The summed E-state index contributed by atoms with van der Waals surface area (Å²) in [4.78, 5) is 30.9. The Bertz CT molecular complexity index is 503. The molecule has 1 unspecified atom stereocenters. The average molecular weight is 263 g/mol. The SMILES string of the molecule is CCCc1c(N)ncnc1NC1CCC(=O)NC1=O. The third-order valence-electron chi connectivity index (χ3n) is 3.03. The van der Waals surface area contributed by atoms with Crippen LogP contribution in [-0.2, 0) is 16.0 Å². The van der Waals surface area contributed by atoms with Crippen LogP contribution < -0.4 is 16.4 Å². The molecule has 19 heavy (non-hydrogen) atoms. The first-order valence-corrected chi connectivity index (χ1v) is 6.31. The van der Waals surface area contributed by atoms with Crippen molar-refractivity contribution in [2.24, 2.45) is 0 Å². The maximum Gasteiger partial charge on any atom is 0.249 e. The first kappa shape index (κ1) is 13.3. The van der Waals surface area contributed by atoms with Gasteiger partial charge >= 0.3 is 0 Å². The summed E-state index contributed by atoms with van der Waals surface area (Å²) in [6, 6.07) is -0.456. The van der Waals surface area contributed by atoms with Crippen LogP contribution in [0.1, 0.15) is 31.7 Å². The van der Waals surface area contributed by atoms with Gasteiger partial charge in [0.05, 0.1) is 0 Å². The topological polar surface area (TPSA) is 110 Å². The van der Waals surface area contributed by atoms with Crippen LogP contribution in [-0.4, -0.2) is 27.8 Å². The maximum atomic E-state index is 11.7. The Labute approximate surface area is 111 Å². The van der Waals surface area contributed by atoms with Crippen molar-refractivity contribution in [3.05, 3.63) is 11.9 Å². The number of nitrogens with zero attached hydrogens (tertiary/aromatic N) is 2. The lowest BCUT2D eigenvalue weighted by Crippen LogP contribution is -2.47. The molecule has 0 saturated carbocycles. The molecule has 1 aliphatic heterocycles. The number of imide groups is 1. The number of nitrogen functional groups attached to an aromatic ring is 1. The molecule has 2 amide bonds. The highest BCUT2D eigenvalue weighted by molar-refractivity contribution is 6.01. The Morgan fingerprint density at radius 3 is 2.95 bits per heavy atom. The summed E-state index contributed by atoms with van der Waals surface area (Å²) in [5, 5.41) is 5.35. The first-order chi connectivity index (χ1) is 9.11. The van der Waals surface area contributed by atoms with E-state index >= 15 is 0 Å². The third kappa shape index (κ3) is 2.98. The van der Waals surface area contributed by atoms with E-state index in [0.29, 0.717) is 24.5 Å². The van der Waals surface area contributed by atoms with Crippen LogP contribution in [0, 0.1) is 0 Å². The Hall–Kier alpha value is -2.18. The van der Waals surface area contributed by atoms with Gasteiger partial charge in [0.1, 0.15) is 24.0 Å². The van der Waals surface area contributed by atoms with Crippen molar-refractivity contribution in [1.82, 2.24) is 15.3 Å². The molecule has 7 heteroatoms. The molecule has 1 fully saturated rings. The summed E-state index contributed by atoms with van der Waals surface area (Å²) in [6.07, 6.45) is 3.79. The number of hydrogen-bond donors (Lipinski definition) is 3. The van der Waals surface area contributed by atoms with Crippen molar-refractivity contribution in [1.29, 1.82) is 0 Å². The molecular weight excluding hydrogens is 246 g/mol. The number of aromatic nitrogens is 2. The summed E-state index contributed by atoms with van der Waals surface area (Å²) in [6.45, 7) is 2.03. The van der Waals surface area contributed by atoms with E-state index in [0.717, 1.165) is 18.4 Å². The number of nitrogens with two attached hydrogens (primary N) is 1. The molecule has 7 nitrogen and oxygen atoms in total. The normalized spacial score (nSPS) is 19.1. The molecule has 0 bridgehead atoms. The first-order valence-electron chi connectivity index (χ1n) is 6.31. The lowest BCUT2D eigenvalue weighted by atomic mass is 10.1. The van der Waals surface area contributed by atoms with Gasteiger partial charge in [-0.2, -0.15) is 0 Å². The van der Waals surface area contributed by atoms with Crippen LogP contribution in [0.15, 0.2) is 6.33 Å². The van der Waals surface area contributed by atoms with Crippen LogP contribution in [0.2, 0.25) is 0 Å². The van der Waals surface area contributed by atoms with Crippen LogP contribution >= 0.6 is 0 Å². The molecule has 0 aliphatic carbocycles. The second-order valence-corrected chi connectivity index (χ2v) is 4.48. The monoisotopic (exact) mass is 263 g/mol. The molecule has 1 saturated heterocycles. The van der Waals surface area contributed by atoms with Gasteiger partial charge in [-0.1, -0.05) is 13.3 Å². The molecular formula is C12H17N5O2. The minimum Gasteiger partial charge on any atom is -0.383 e. The molecule has 0 aromatic carbocycles. The Morgan fingerprint density at radius 2 is 2.26 bits per heavy atom. The largest absolute Gasteiger partial charge is 0.383 e. The van der Waals surface area contributed by atoms with E-state index in [1.807, 2.05) is 6.92 Å². The zero-order valence-electron chi connectivity index (χ0n) is 10.8. The fourth-order valence-electron chi connectivity index (χ4n) is 2.04. The van der Waals surface area contributed by atoms with Gasteiger partial charge in [-0.05, 0) is 12.8 Å². The average Bonchev–Trinajstić information content (AvgIpc) is 2.37. The lowest BCUT2D eigenvalue weighted by molar-refractivity contribution is -0.133. The second-order valence-electron chi connectivity index (χ2n) is 4.48. The minimum absolute atomic E-state index is 0.237. The zero-order chi connectivity index (χ0) is 13.8. The molecule has 2 heterocycles. The molecule has 1 aromatic heterocycles. The van der Waals surface area contributed by atoms with Crippen LogP contribution in [0.25, 0.3) is 0 Å². The Morgan fingerprint density at radius 1 is 1.47 bits per heavy atom. The molecule has 1 atom stereocenters. The summed E-state index contributed by atoms with van der Waals surface area (Å²) in [7, 11) is 0. The highest BCUT2D eigenvalue weighted by Crippen LogP contribution is 2.21. The van der Waals surface area contributed by atoms with Gasteiger partial charge in [-0.3, -0.25) is 14.9 Å². The van der Waals surface area contributed by atoms with Crippen molar-refractivity contribution < 1.29 is 9.59 Å². The van der Waals surface area contributed by atoms with Crippen molar-refractivity contribution in [3.8, 4) is 0 Å². The van der Waals surface area contributed by atoms with E-state index in [2.05, 4.69) is 20.6 Å². The highest BCUT2D eigenvalue weighted by atomic mass is 16.2. The summed E-state index contributed by atoms with van der Waals surface area (Å²) in [5.74, 6) is 0.436. The van der Waals surface area contributed by atoms with Gasteiger partial charge < -0.3 is 11.1 Å². The molecule has 102 valence electrons. The standard InChI is InChI=1S/C12H17N5O2/c1-2-3-7-10(13)14-6-15-11(7)16-8-4-5-9(18)17-12(8)19/h6,8H,2-5H2,1H3,(H,17,18,19)(H3,13,14,15,16). The third-order valence-corrected chi connectivity index (χ3v) is 3.03. The van der Waals surface area contributed by atoms with Gasteiger partial charge in [-0.25, -0.2) is 9.97 Å². The quantitative estimate of drug-likeness (QED) is 0.671. The van der Waals surface area contributed by atoms with Crippen molar-refractivity contribution >= 4 is 23.5 Å². The number of rotatable bonds is 4. The molecule has 0 spiro atoms. The fourth-order valence-corrected chi connectivity index (χ4v) is 2.04. The zero-order valence-corrected chi connectivity index (χ0v) is 10.8. The lowest BCUT2D eigenvalue weighted by Gasteiger charge is -2.23. The van der Waals surface area contributed by atoms with Crippen LogP contribution in [0.5, 0.6) is 0 Å². The van der Waals surface area contributed by atoms with Gasteiger partial charge in [0, 0.05) is 12.0 Å². The molecule has 4 N–H and O–H groups in total. The van der Waals surface area contributed by atoms with Crippen molar-refractivity contribution in [3.63, 3.8) is 0 Å². The van der Waals surface area contributed by atoms with Crippen molar-refractivity contribution in [2.75, 3.05) is 11.1 Å². The minimum atomic E-state index is -0.456. The fraction of sp³-hybridized carbons (Fsp3) is 0.500. The van der Waals surface area contributed by atoms with Gasteiger partial charge in [0.2, 0.25) is 11.8 Å². The number of amides is 2. The Kier molecular flexibility index (Phi) is 3.94. The number of hydrogen-bond acceptors (Lipinski definition) is 6. The summed E-state index contributed by atoms with van der Waals surface area (Å²) in [5.41, 5.74) is 6.64. The van der Waals surface area contributed by atoms with Gasteiger partial charge in [0.15, 0.2) is 0 Å². The maximum absolute atomic E-state index is 11.7. The van der Waals surface area contributed by atoms with Crippen LogP contribution in [0.3, 0.4) is 0 Å². The molecule has 0 radical (unpaired) electrons. The predicted molar refractivity (Wildman–Crippen MR) is 70.2 cm³/mol. The van der Waals surface area contributed by atoms with E-state index in [-0.39, 0.29) is 11.8 Å². The number of carbonyl (C=O) groups is 2. The number of piperidine rings is 1. The van der Waals surface area contributed by atoms with E-state index in [4.69, 9.17) is 5.73 Å². The number of carbonyl (C=O) groups excluding carboxylic acids is 2. The molecule has 1 aliphatic rings. The predicted octanol–water partition coefficient (Wildman–Crippen LogP) is 0.228. The van der Waals surface area contributed by atoms with E-state index in [9.17, 15) is 9.59 Å². The number of nitrogens with one attached hydrogen (secondary N) is 2. The Balaban J connectivity index is 2.16. The molecule has 1 aromatic rings. The summed E-state index contributed by atoms with van der Waals surface area (Å²) < 4.78 is 0. The highest BCUT2D eigenvalue weighted by Gasteiger charge is 2.27. The van der Waals surface area contributed by atoms with E-state index < -0.39 is 6.04 Å².